The predicted molar refractivity (Wildman–Crippen MR) is 84.0 cm³/mol. The van der Waals surface area contributed by atoms with Gasteiger partial charge in [0.05, 0.1) is 12.0 Å². The molecule has 0 aliphatic carbocycles. The topological polar surface area (TPSA) is 78.9 Å². The molecule has 2 aliphatic rings. The van der Waals surface area contributed by atoms with Crippen LogP contribution in [0.5, 0.6) is 0 Å². The number of hydrogen-bond acceptors (Lipinski definition) is 3. The van der Waals surface area contributed by atoms with Crippen LogP contribution in [0.15, 0.2) is 30.3 Å². The minimum Gasteiger partial charge on any atom is -0.481 e. The second kappa shape index (κ2) is 7.00. The molecule has 2 amide bonds. The van der Waals surface area contributed by atoms with E-state index in [0.29, 0.717) is 32.5 Å². The Hall–Kier alpha value is -2.08. The minimum absolute atomic E-state index is 0.0397. The van der Waals surface area contributed by atoms with Crippen molar-refractivity contribution in [3.63, 3.8) is 0 Å². The first kappa shape index (κ1) is 15.8. The van der Waals surface area contributed by atoms with E-state index in [1.807, 2.05) is 30.3 Å². The zero-order valence-electron chi connectivity index (χ0n) is 13.0. The number of nitrogens with one attached hydrogen (secondary N) is 1. The van der Waals surface area contributed by atoms with Crippen molar-refractivity contribution in [1.82, 2.24) is 10.2 Å². The van der Waals surface area contributed by atoms with Gasteiger partial charge in [-0.05, 0) is 24.8 Å². The zero-order chi connectivity index (χ0) is 16.2. The van der Waals surface area contributed by atoms with Crippen LogP contribution < -0.4 is 5.32 Å². The monoisotopic (exact) mass is 318 g/mol. The third-order valence-corrected chi connectivity index (χ3v) is 4.66. The summed E-state index contributed by atoms with van der Waals surface area (Å²) in [6.45, 7) is 1.62. The van der Waals surface area contributed by atoms with Crippen molar-refractivity contribution in [1.29, 1.82) is 0 Å². The lowest BCUT2D eigenvalue weighted by atomic mass is 9.97. The number of aliphatic carboxylic acids is 1. The summed E-state index contributed by atoms with van der Waals surface area (Å²) in [5.41, 5.74) is 1.07. The molecule has 0 radical (unpaired) electrons. The average molecular weight is 318 g/mol. The van der Waals surface area contributed by atoms with E-state index in [1.165, 1.54) is 0 Å². The van der Waals surface area contributed by atoms with Crippen molar-refractivity contribution in [3.8, 4) is 0 Å². The number of nitrogens with zero attached hydrogens (tertiary/aromatic N) is 1. The number of likely N-dealkylation sites (tertiary alicyclic amines) is 1. The number of benzene rings is 1. The van der Waals surface area contributed by atoms with Crippen LogP contribution in [-0.4, -0.2) is 47.7 Å². The summed E-state index contributed by atoms with van der Waals surface area (Å²) in [5.74, 6) is -1.09. The summed E-state index contributed by atoms with van der Waals surface area (Å²) in [7, 11) is 0. The Kier molecular flexibility index (Phi) is 4.81. The van der Waals surface area contributed by atoms with E-state index in [2.05, 4.69) is 5.32 Å². The van der Waals surface area contributed by atoms with E-state index < -0.39 is 5.97 Å². The van der Waals surface area contributed by atoms with E-state index in [9.17, 15) is 9.59 Å². The molecule has 0 saturated carbocycles. The summed E-state index contributed by atoms with van der Waals surface area (Å²) in [6, 6.07) is 9.74. The lowest BCUT2D eigenvalue weighted by Crippen LogP contribution is -2.49. The predicted octanol–water partition coefficient (Wildman–Crippen LogP) is 2.02. The number of carbonyl (C=O) groups excluding carboxylic acids is 1. The number of amides is 2. The van der Waals surface area contributed by atoms with Crippen molar-refractivity contribution in [2.45, 2.75) is 31.4 Å². The van der Waals surface area contributed by atoms with Gasteiger partial charge in [0.1, 0.15) is 6.10 Å². The van der Waals surface area contributed by atoms with Gasteiger partial charge in [-0.2, -0.15) is 0 Å². The molecule has 2 atom stereocenters. The molecule has 2 unspecified atom stereocenters. The molecular formula is C17H22N2O4. The molecule has 23 heavy (non-hydrogen) atoms. The summed E-state index contributed by atoms with van der Waals surface area (Å²) in [5, 5.41) is 12.1. The Bertz CT molecular complexity index is 555. The number of carboxylic acid groups (broad SMARTS) is 1. The van der Waals surface area contributed by atoms with Crippen molar-refractivity contribution in [3.05, 3.63) is 35.9 Å². The fraction of sp³-hybridized carbons (Fsp3) is 0.529. The fourth-order valence-electron chi connectivity index (χ4n) is 3.29. The Morgan fingerprint density at radius 2 is 1.83 bits per heavy atom. The van der Waals surface area contributed by atoms with E-state index >= 15 is 0 Å². The maximum Gasteiger partial charge on any atom is 0.317 e. The molecule has 1 aromatic rings. The van der Waals surface area contributed by atoms with Crippen LogP contribution in [0, 0.1) is 5.92 Å². The minimum atomic E-state index is -0.765. The largest absolute Gasteiger partial charge is 0.481 e. The van der Waals surface area contributed by atoms with Gasteiger partial charge in [-0.3, -0.25) is 4.79 Å². The Labute approximate surface area is 135 Å². The number of rotatable bonds is 3. The molecule has 2 saturated heterocycles. The number of piperidine rings is 1. The molecule has 0 bridgehead atoms. The van der Waals surface area contributed by atoms with Gasteiger partial charge >= 0.3 is 12.0 Å². The van der Waals surface area contributed by atoms with E-state index in [-0.39, 0.29) is 24.1 Å². The van der Waals surface area contributed by atoms with E-state index in [1.54, 1.807) is 4.90 Å². The van der Waals surface area contributed by atoms with Gasteiger partial charge in [0, 0.05) is 19.7 Å². The van der Waals surface area contributed by atoms with Crippen LogP contribution >= 0.6 is 0 Å². The number of carboxylic acids is 1. The highest BCUT2D eigenvalue weighted by atomic mass is 16.5. The molecule has 2 fully saturated rings. The SMILES string of the molecule is O=C(O)C1CCN(C(=O)NC2CCOC2c2ccccc2)CC1. The highest BCUT2D eigenvalue weighted by molar-refractivity contribution is 5.75. The van der Waals surface area contributed by atoms with Crippen LogP contribution in [0.1, 0.15) is 30.9 Å². The highest BCUT2D eigenvalue weighted by Crippen LogP contribution is 2.29. The first-order valence-electron chi connectivity index (χ1n) is 8.10. The Morgan fingerprint density at radius 1 is 1.13 bits per heavy atom. The van der Waals surface area contributed by atoms with Crippen LogP contribution in [0.4, 0.5) is 4.79 Å². The number of carbonyl (C=O) groups is 2. The Balaban J connectivity index is 1.56. The maximum absolute atomic E-state index is 12.4. The first-order chi connectivity index (χ1) is 11.1. The molecular weight excluding hydrogens is 296 g/mol. The van der Waals surface area contributed by atoms with Gasteiger partial charge in [-0.15, -0.1) is 0 Å². The third-order valence-electron chi connectivity index (χ3n) is 4.66. The third kappa shape index (κ3) is 3.64. The summed E-state index contributed by atoms with van der Waals surface area (Å²) in [4.78, 5) is 25.1. The normalized spacial score (nSPS) is 25.3. The summed E-state index contributed by atoms with van der Waals surface area (Å²) >= 11 is 0. The van der Waals surface area contributed by atoms with Crippen LogP contribution in [0.2, 0.25) is 0 Å². The molecule has 6 nitrogen and oxygen atoms in total. The van der Waals surface area contributed by atoms with Crippen molar-refractivity contribution < 1.29 is 19.4 Å². The second-order valence-electron chi connectivity index (χ2n) is 6.15. The summed E-state index contributed by atoms with van der Waals surface area (Å²) in [6.07, 6.45) is 1.71. The maximum atomic E-state index is 12.4. The lowest BCUT2D eigenvalue weighted by Gasteiger charge is -2.32. The molecule has 0 spiro atoms. The van der Waals surface area contributed by atoms with Crippen molar-refractivity contribution >= 4 is 12.0 Å². The van der Waals surface area contributed by atoms with Gasteiger partial charge in [0.15, 0.2) is 0 Å². The molecule has 2 N–H and O–H groups in total. The smallest absolute Gasteiger partial charge is 0.317 e. The summed E-state index contributed by atoms with van der Waals surface area (Å²) < 4.78 is 5.78. The molecule has 3 rings (SSSR count). The van der Waals surface area contributed by atoms with Gasteiger partial charge in [-0.1, -0.05) is 30.3 Å². The Morgan fingerprint density at radius 3 is 2.48 bits per heavy atom. The van der Waals surface area contributed by atoms with Crippen LogP contribution in [0.3, 0.4) is 0 Å². The van der Waals surface area contributed by atoms with Gasteiger partial charge < -0.3 is 20.1 Å². The molecule has 6 heteroatoms. The molecule has 1 aromatic carbocycles. The fourth-order valence-corrected chi connectivity index (χ4v) is 3.29. The second-order valence-corrected chi connectivity index (χ2v) is 6.15. The quantitative estimate of drug-likeness (QED) is 0.894. The lowest BCUT2D eigenvalue weighted by molar-refractivity contribution is -0.143. The molecule has 2 heterocycles. The van der Waals surface area contributed by atoms with Gasteiger partial charge in [0.25, 0.3) is 0 Å². The first-order valence-corrected chi connectivity index (χ1v) is 8.10. The van der Waals surface area contributed by atoms with E-state index in [0.717, 1.165) is 12.0 Å². The van der Waals surface area contributed by atoms with Crippen molar-refractivity contribution in [2.75, 3.05) is 19.7 Å². The van der Waals surface area contributed by atoms with Crippen LogP contribution in [-0.2, 0) is 9.53 Å². The molecule has 124 valence electrons. The molecule has 2 aliphatic heterocycles. The van der Waals surface area contributed by atoms with Crippen LogP contribution in [0.25, 0.3) is 0 Å². The number of ether oxygens (including phenoxy) is 1. The van der Waals surface area contributed by atoms with Gasteiger partial charge in [-0.25, -0.2) is 4.79 Å². The average Bonchev–Trinajstić information content (AvgIpc) is 3.04. The number of hydrogen-bond donors (Lipinski definition) is 2. The van der Waals surface area contributed by atoms with Gasteiger partial charge in [0.2, 0.25) is 0 Å². The zero-order valence-corrected chi connectivity index (χ0v) is 13.0. The standard InChI is InChI=1S/C17H22N2O4/c20-16(21)13-6-9-19(10-7-13)17(22)18-14-8-11-23-15(14)12-4-2-1-3-5-12/h1-5,13-15H,6-11H2,(H,18,22)(H,20,21). The van der Waals surface area contributed by atoms with Crippen molar-refractivity contribution in [2.24, 2.45) is 5.92 Å². The highest BCUT2D eigenvalue weighted by Gasteiger charge is 2.33. The molecule has 0 aromatic heterocycles. The van der Waals surface area contributed by atoms with E-state index in [4.69, 9.17) is 9.84 Å². The number of urea groups is 1.